The van der Waals surface area contributed by atoms with Crippen LogP contribution in [0.4, 0.5) is 0 Å². The van der Waals surface area contributed by atoms with Gasteiger partial charge in [-0.15, -0.1) is 0 Å². The van der Waals surface area contributed by atoms with E-state index < -0.39 is 0 Å². The summed E-state index contributed by atoms with van der Waals surface area (Å²) in [5, 5.41) is 11.0. The largest absolute Gasteiger partial charge is 0.456 e. The molecule has 0 radical (unpaired) electrons. The first-order valence-corrected chi connectivity index (χ1v) is 20.8. The first-order chi connectivity index (χ1) is 30.7. The molecule has 0 N–H and O–H groups in total. The number of fused-ring (bicyclic) bond motifs is 9. The highest BCUT2D eigenvalue weighted by Gasteiger charge is 2.19. The highest BCUT2D eigenvalue weighted by atomic mass is 16.3. The second-order valence-electron chi connectivity index (χ2n) is 15.9. The van der Waals surface area contributed by atoms with E-state index in [1.807, 2.05) is 36.4 Å². The lowest BCUT2D eigenvalue weighted by atomic mass is 9.92. The molecule has 0 amide bonds. The van der Waals surface area contributed by atoms with Crippen molar-refractivity contribution < 1.29 is 8.83 Å². The van der Waals surface area contributed by atoms with Gasteiger partial charge in [-0.05, 0) is 109 Å². The molecule has 3 heterocycles. The van der Waals surface area contributed by atoms with E-state index in [2.05, 4.69) is 164 Å². The van der Waals surface area contributed by atoms with E-state index in [1.54, 1.807) is 0 Å². The smallest absolute Gasteiger partial charge is 0.164 e. The molecule has 10 aromatic carbocycles. The minimum absolute atomic E-state index is 0.596. The Balaban J connectivity index is 0.999. The Hall–Kier alpha value is -8.41. The monoisotopic (exact) mass is 791 g/mol. The second kappa shape index (κ2) is 13.6. The Morgan fingerprint density at radius 3 is 1.55 bits per heavy atom. The van der Waals surface area contributed by atoms with Gasteiger partial charge in [-0.3, -0.25) is 0 Å². The lowest BCUT2D eigenvalue weighted by molar-refractivity contribution is 0.669. The van der Waals surface area contributed by atoms with Crippen LogP contribution in [0.1, 0.15) is 0 Å². The number of furan rings is 2. The van der Waals surface area contributed by atoms with Crippen LogP contribution in [0.5, 0.6) is 0 Å². The molecule has 3 aromatic heterocycles. The van der Waals surface area contributed by atoms with E-state index in [0.29, 0.717) is 17.5 Å². The first-order valence-electron chi connectivity index (χ1n) is 20.8. The average Bonchev–Trinajstić information content (AvgIpc) is 3.90. The van der Waals surface area contributed by atoms with Crippen LogP contribution in [0.25, 0.3) is 133 Å². The standard InChI is InChI=1S/C57H33N3O2/c1-2-11-34(12-3-1)35-21-22-37-30-39(25-23-36(37)29-35)55-58-56(40-26-24-38-32-49-45-15-6-8-18-50(45)62-53(49)33-41(38)31-40)60-57(59-55)47-28-27-44(42-13-4-5-14-43(42)47)46-17-10-20-52-54(46)48-16-7-9-19-51(48)61-52/h1-33H. The van der Waals surface area contributed by atoms with Crippen LogP contribution in [0.2, 0.25) is 0 Å². The predicted molar refractivity (Wildman–Crippen MR) is 254 cm³/mol. The maximum Gasteiger partial charge on any atom is 0.164 e. The molecule has 0 saturated carbocycles. The summed E-state index contributed by atoms with van der Waals surface area (Å²) in [6, 6.07) is 70.0. The van der Waals surface area contributed by atoms with Gasteiger partial charge in [0.2, 0.25) is 0 Å². The topological polar surface area (TPSA) is 65.0 Å². The molecule has 0 bridgehead atoms. The second-order valence-corrected chi connectivity index (χ2v) is 15.9. The van der Waals surface area contributed by atoms with Crippen LogP contribution in [-0.2, 0) is 0 Å². The number of hydrogen-bond donors (Lipinski definition) is 0. The molecule has 13 rings (SSSR count). The first kappa shape index (κ1) is 34.5. The third-order valence-electron chi connectivity index (χ3n) is 12.3. The summed E-state index contributed by atoms with van der Waals surface area (Å²) in [4.78, 5) is 15.8. The van der Waals surface area contributed by atoms with Gasteiger partial charge in [0.25, 0.3) is 0 Å². The maximum atomic E-state index is 6.31. The van der Waals surface area contributed by atoms with Crippen LogP contribution in [0, 0.1) is 0 Å². The molecular weight excluding hydrogens is 759 g/mol. The zero-order valence-electron chi connectivity index (χ0n) is 33.2. The van der Waals surface area contributed by atoms with Gasteiger partial charge in [-0.1, -0.05) is 146 Å². The zero-order valence-corrected chi connectivity index (χ0v) is 33.2. The molecular formula is C57H33N3O2. The maximum absolute atomic E-state index is 6.31. The van der Waals surface area contributed by atoms with Gasteiger partial charge in [-0.25, -0.2) is 15.0 Å². The molecule has 0 atom stereocenters. The average molecular weight is 792 g/mol. The summed E-state index contributed by atoms with van der Waals surface area (Å²) in [5.41, 5.74) is 10.8. The Bertz CT molecular complexity index is 3940. The molecule has 0 unspecified atom stereocenters. The summed E-state index contributed by atoms with van der Waals surface area (Å²) in [6.07, 6.45) is 0. The minimum atomic E-state index is 0.596. The highest BCUT2D eigenvalue weighted by Crippen LogP contribution is 2.42. The SMILES string of the molecule is c1ccc(-c2ccc3cc(-c4nc(-c5ccc6cc7c(cc6c5)oc5ccccc57)nc(-c5ccc(-c6cccc7oc8ccccc8c67)c6ccccc56)n4)ccc3c2)cc1. The molecule has 288 valence electrons. The Morgan fingerprint density at radius 1 is 0.258 bits per heavy atom. The van der Waals surface area contributed by atoms with Crippen molar-refractivity contribution >= 4 is 76.2 Å². The molecule has 0 aliphatic heterocycles. The van der Waals surface area contributed by atoms with Crippen molar-refractivity contribution in [1.29, 1.82) is 0 Å². The van der Waals surface area contributed by atoms with Gasteiger partial charge in [0, 0.05) is 38.2 Å². The van der Waals surface area contributed by atoms with Gasteiger partial charge in [0.15, 0.2) is 17.5 Å². The molecule has 62 heavy (non-hydrogen) atoms. The summed E-state index contributed by atoms with van der Waals surface area (Å²) < 4.78 is 12.6. The molecule has 0 fully saturated rings. The van der Waals surface area contributed by atoms with Crippen molar-refractivity contribution in [1.82, 2.24) is 15.0 Å². The Labute approximate surface area is 355 Å². The fraction of sp³-hybridized carbons (Fsp3) is 0. The molecule has 13 aromatic rings. The van der Waals surface area contributed by atoms with Crippen LogP contribution in [-0.4, -0.2) is 15.0 Å². The van der Waals surface area contributed by atoms with Crippen molar-refractivity contribution in [3.8, 4) is 56.4 Å². The number of aromatic nitrogens is 3. The third kappa shape index (κ3) is 5.52. The summed E-state index contributed by atoms with van der Waals surface area (Å²) >= 11 is 0. The minimum Gasteiger partial charge on any atom is -0.456 e. The summed E-state index contributed by atoms with van der Waals surface area (Å²) in [6.45, 7) is 0. The van der Waals surface area contributed by atoms with Gasteiger partial charge in [-0.2, -0.15) is 0 Å². The highest BCUT2D eigenvalue weighted by molar-refractivity contribution is 6.16. The van der Waals surface area contributed by atoms with Crippen molar-refractivity contribution in [3.63, 3.8) is 0 Å². The normalized spacial score (nSPS) is 11.9. The summed E-state index contributed by atoms with van der Waals surface area (Å²) in [5.74, 6) is 1.81. The number of rotatable bonds is 5. The van der Waals surface area contributed by atoms with E-state index in [0.717, 1.165) is 104 Å². The third-order valence-corrected chi connectivity index (χ3v) is 12.3. The van der Waals surface area contributed by atoms with Gasteiger partial charge < -0.3 is 8.83 Å². The molecule has 5 heteroatoms. The fourth-order valence-electron chi connectivity index (χ4n) is 9.29. The lowest BCUT2D eigenvalue weighted by Crippen LogP contribution is -2.01. The summed E-state index contributed by atoms with van der Waals surface area (Å²) in [7, 11) is 0. The van der Waals surface area contributed by atoms with E-state index in [4.69, 9.17) is 23.8 Å². The Kier molecular flexibility index (Phi) is 7.54. The number of benzene rings is 10. The molecule has 0 saturated heterocycles. The molecule has 5 nitrogen and oxygen atoms in total. The lowest BCUT2D eigenvalue weighted by Gasteiger charge is -2.14. The van der Waals surface area contributed by atoms with E-state index in [1.165, 1.54) is 11.1 Å². The van der Waals surface area contributed by atoms with Crippen LogP contribution < -0.4 is 0 Å². The van der Waals surface area contributed by atoms with Crippen LogP contribution >= 0.6 is 0 Å². The van der Waals surface area contributed by atoms with E-state index in [9.17, 15) is 0 Å². The zero-order chi connectivity index (χ0) is 40.7. The van der Waals surface area contributed by atoms with E-state index >= 15 is 0 Å². The van der Waals surface area contributed by atoms with Crippen LogP contribution in [0.15, 0.2) is 209 Å². The fourth-order valence-corrected chi connectivity index (χ4v) is 9.29. The molecule has 0 spiro atoms. The number of nitrogens with zero attached hydrogens (tertiary/aromatic N) is 3. The van der Waals surface area contributed by atoms with Crippen molar-refractivity contribution in [2.75, 3.05) is 0 Å². The molecule has 0 aliphatic rings. The number of para-hydroxylation sites is 2. The van der Waals surface area contributed by atoms with Crippen molar-refractivity contribution in [2.45, 2.75) is 0 Å². The Morgan fingerprint density at radius 2 is 0.790 bits per heavy atom. The number of hydrogen-bond acceptors (Lipinski definition) is 5. The molecule has 0 aliphatic carbocycles. The predicted octanol–water partition coefficient (Wildman–Crippen LogP) is 15.5. The van der Waals surface area contributed by atoms with Gasteiger partial charge >= 0.3 is 0 Å². The van der Waals surface area contributed by atoms with Gasteiger partial charge in [0.1, 0.15) is 22.3 Å². The van der Waals surface area contributed by atoms with E-state index in [-0.39, 0.29) is 0 Å². The quantitative estimate of drug-likeness (QED) is 0.174. The van der Waals surface area contributed by atoms with Crippen LogP contribution in [0.3, 0.4) is 0 Å². The van der Waals surface area contributed by atoms with Crippen molar-refractivity contribution in [2.24, 2.45) is 0 Å². The van der Waals surface area contributed by atoms with Crippen molar-refractivity contribution in [3.05, 3.63) is 200 Å². The van der Waals surface area contributed by atoms with Gasteiger partial charge in [0.05, 0.1) is 0 Å².